The molecular weight excluding hydrogens is 623 g/mol. The fraction of sp³-hybridized carbons (Fsp3) is 0.853. The zero-order valence-corrected chi connectivity index (χ0v) is 30.4. The van der Waals surface area contributed by atoms with Crippen LogP contribution in [0, 0.1) is 0 Å². The van der Waals surface area contributed by atoms with Gasteiger partial charge in [-0.3, -0.25) is 13.6 Å². The Hall–Kier alpha value is -1.66. The number of unbranched alkanes of at least 4 members (excludes halogenated alkanes) is 15. The molecule has 0 saturated carbocycles. The van der Waals surface area contributed by atoms with E-state index in [9.17, 15) is 24.5 Å². The first-order chi connectivity index (χ1) is 22.5. The second-order valence-corrected chi connectivity index (χ2v) is 14.8. The molecule has 0 aliphatic carbocycles. The number of nitrogens with zero attached hydrogens (tertiary/aromatic N) is 4. The topological polar surface area (TPSA) is 156 Å². The van der Waals surface area contributed by atoms with E-state index in [0.717, 1.165) is 23.8 Å². The molecule has 0 amide bonds. The van der Waals surface area contributed by atoms with Gasteiger partial charge in [0.15, 0.2) is 12.0 Å². The van der Waals surface area contributed by atoms with Crippen LogP contribution in [0.15, 0.2) is 22.1 Å². The molecule has 1 saturated heterocycles. The van der Waals surface area contributed by atoms with Crippen molar-refractivity contribution in [1.82, 2.24) is 14.5 Å². The molecule has 1 aliphatic rings. The summed E-state index contributed by atoms with van der Waals surface area (Å²) in [5, 5.41) is 21.0. The average molecular weight is 687 g/mol. The third-order valence-electron chi connectivity index (χ3n) is 8.60. The van der Waals surface area contributed by atoms with Crippen LogP contribution in [0.4, 0.5) is 5.82 Å². The Balaban J connectivity index is 1.62. The highest BCUT2D eigenvalue weighted by Gasteiger charge is 2.45. The van der Waals surface area contributed by atoms with Crippen molar-refractivity contribution in [3.63, 3.8) is 0 Å². The van der Waals surface area contributed by atoms with E-state index in [-0.39, 0.29) is 24.5 Å². The molecule has 1 aliphatic heterocycles. The molecule has 0 aromatic carbocycles. The highest BCUT2D eigenvalue weighted by Crippen LogP contribution is 2.44. The van der Waals surface area contributed by atoms with Crippen molar-refractivity contribution in [1.29, 1.82) is 0 Å². The molecule has 2 rings (SSSR count). The molecule has 12 nitrogen and oxygen atoms in total. The minimum atomic E-state index is -4.39. The second kappa shape index (κ2) is 22.9. The Labute approximate surface area is 282 Å². The van der Waals surface area contributed by atoms with Crippen LogP contribution >= 0.6 is 7.82 Å². The fourth-order valence-electron chi connectivity index (χ4n) is 5.79. The molecule has 272 valence electrons. The van der Waals surface area contributed by atoms with Crippen molar-refractivity contribution in [2.75, 3.05) is 13.2 Å². The van der Waals surface area contributed by atoms with Crippen LogP contribution in [-0.4, -0.2) is 79.5 Å². The zero-order chi connectivity index (χ0) is 34.7. The highest BCUT2D eigenvalue weighted by atomic mass is 31.2. The molecule has 0 spiro atoms. The SMILES string of the molecule is CCCCCCCCCCCCCCCCCCOP(=O)(O)OC[C@H]1O[C@@H](n2ccc(N=CN(C(C)C)C(C)C)nc2=O)C(O)C1O. The van der Waals surface area contributed by atoms with Gasteiger partial charge in [-0.15, -0.1) is 0 Å². The molecule has 1 fully saturated rings. The first-order valence-electron chi connectivity index (χ1n) is 18.0. The minimum Gasteiger partial charge on any atom is -0.387 e. The Kier molecular flexibility index (Phi) is 20.2. The van der Waals surface area contributed by atoms with Crippen LogP contribution < -0.4 is 5.69 Å². The lowest BCUT2D eigenvalue weighted by atomic mass is 10.0. The third kappa shape index (κ3) is 16.1. The molecule has 47 heavy (non-hydrogen) atoms. The number of hydrogen-bond donors (Lipinski definition) is 3. The van der Waals surface area contributed by atoms with Gasteiger partial charge in [-0.1, -0.05) is 103 Å². The number of phosphoric ester groups is 1. The van der Waals surface area contributed by atoms with E-state index >= 15 is 0 Å². The van der Waals surface area contributed by atoms with Crippen LogP contribution in [0.1, 0.15) is 144 Å². The molecule has 1 aromatic rings. The molecule has 0 bridgehead atoms. The molecule has 3 N–H and O–H groups in total. The number of phosphoric acid groups is 1. The molecule has 5 atom stereocenters. The normalized spacial score (nSPS) is 21.3. The minimum absolute atomic E-state index is 0.0769. The van der Waals surface area contributed by atoms with Crippen LogP contribution in [0.3, 0.4) is 0 Å². The van der Waals surface area contributed by atoms with E-state index in [2.05, 4.69) is 16.9 Å². The van der Waals surface area contributed by atoms with Gasteiger partial charge in [0.1, 0.15) is 18.3 Å². The van der Waals surface area contributed by atoms with E-state index in [0.29, 0.717) is 6.42 Å². The number of aliphatic hydroxyl groups is 2. The van der Waals surface area contributed by atoms with E-state index in [1.165, 1.54) is 89.3 Å². The van der Waals surface area contributed by atoms with Gasteiger partial charge < -0.3 is 24.7 Å². The standard InChI is InChI=1S/C34H63N4O8P/c1-6-7-8-9-10-11-12-13-14-15-16-17-18-19-20-21-24-44-47(42,43)45-25-29-31(39)32(40)33(46-29)37-23-22-30(36-34(37)41)35-26-38(27(2)3)28(4)5/h22-23,26-29,31-33,39-40H,6-21,24-25H2,1-5H3,(H,42,43)/t29-,31?,32?,33-/m1/s1. The van der Waals surface area contributed by atoms with Crippen LogP contribution in [0.5, 0.6) is 0 Å². The van der Waals surface area contributed by atoms with Crippen LogP contribution in [0.2, 0.25) is 0 Å². The lowest BCUT2D eigenvalue weighted by molar-refractivity contribution is -0.0551. The Bertz CT molecular complexity index is 1110. The summed E-state index contributed by atoms with van der Waals surface area (Å²) in [5.41, 5.74) is -0.729. The third-order valence-corrected chi connectivity index (χ3v) is 9.58. The first-order valence-corrected chi connectivity index (χ1v) is 19.5. The molecule has 1 aromatic heterocycles. The predicted octanol–water partition coefficient (Wildman–Crippen LogP) is 7.04. The molecule has 3 unspecified atom stereocenters. The van der Waals surface area contributed by atoms with Crippen molar-refractivity contribution in [3.8, 4) is 0 Å². The summed E-state index contributed by atoms with van der Waals surface area (Å²) in [6, 6.07) is 1.91. The van der Waals surface area contributed by atoms with E-state index in [1.807, 2.05) is 32.6 Å². The van der Waals surface area contributed by atoms with E-state index in [4.69, 9.17) is 13.8 Å². The molecule has 13 heteroatoms. The maximum absolute atomic E-state index is 12.7. The van der Waals surface area contributed by atoms with Crippen molar-refractivity contribution in [2.45, 2.75) is 174 Å². The molecular formula is C34H63N4O8P. The van der Waals surface area contributed by atoms with Gasteiger partial charge >= 0.3 is 13.5 Å². The average Bonchev–Trinajstić information content (AvgIpc) is 3.30. The quantitative estimate of drug-likeness (QED) is 0.0400. The second-order valence-electron chi connectivity index (χ2n) is 13.3. The van der Waals surface area contributed by atoms with E-state index < -0.39 is 44.7 Å². The van der Waals surface area contributed by atoms with Crippen molar-refractivity contribution >= 4 is 20.0 Å². The smallest absolute Gasteiger partial charge is 0.387 e. The number of aliphatic imine (C=N–C) groups is 1. The van der Waals surface area contributed by atoms with E-state index in [1.54, 1.807) is 6.34 Å². The van der Waals surface area contributed by atoms with Gasteiger partial charge in [-0.2, -0.15) is 4.98 Å². The number of ether oxygens (including phenoxy) is 1. The van der Waals surface area contributed by atoms with Crippen LogP contribution in [0.25, 0.3) is 0 Å². The summed E-state index contributed by atoms with van der Waals surface area (Å²) in [6.07, 6.45) is 17.4. The Morgan fingerprint density at radius 2 is 1.40 bits per heavy atom. The predicted molar refractivity (Wildman–Crippen MR) is 186 cm³/mol. The van der Waals surface area contributed by atoms with Gasteiger partial charge in [0.2, 0.25) is 0 Å². The van der Waals surface area contributed by atoms with Gasteiger partial charge in [-0.25, -0.2) is 14.4 Å². The Morgan fingerprint density at radius 1 is 0.894 bits per heavy atom. The summed E-state index contributed by atoms with van der Waals surface area (Å²) in [4.78, 5) is 33.1. The molecule has 0 radical (unpaired) electrons. The van der Waals surface area contributed by atoms with Crippen molar-refractivity contribution in [3.05, 3.63) is 22.7 Å². The maximum Gasteiger partial charge on any atom is 0.472 e. The first kappa shape index (κ1) is 41.5. The van der Waals surface area contributed by atoms with Gasteiger partial charge in [0.05, 0.1) is 19.6 Å². The van der Waals surface area contributed by atoms with Crippen LogP contribution in [-0.2, 0) is 18.3 Å². The number of hydrogen-bond acceptors (Lipinski definition) is 9. The summed E-state index contributed by atoms with van der Waals surface area (Å²) < 4.78 is 29.2. The number of rotatable bonds is 26. The van der Waals surface area contributed by atoms with Crippen molar-refractivity contribution in [2.24, 2.45) is 4.99 Å². The largest absolute Gasteiger partial charge is 0.472 e. The summed E-state index contributed by atoms with van der Waals surface area (Å²) in [5.74, 6) is 0.188. The monoisotopic (exact) mass is 686 g/mol. The van der Waals surface area contributed by atoms with Gasteiger partial charge in [-0.05, 0) is 40.2 Å². The Morgan fingerprint density at radius 3 is 1.89 bits per heavy atom. The fourth-order valence-corrected chi connectivity index (χ4v) is 6.56. The van der Waals surface area contributed by atoms with Crippen molar-refractivity contribution < 1.29 is 33.5 Å². The summed E-state index contributed by atoms with van der Waals surface area (Å²) in [7, 11) is -4.39. The maximum atomic E-state index is 12.7. The van der Waals surface area contributed by atoms with Gasteiger partial charge in [0, 0.05) is 18.3 Å². The lowest BCUT2D eigenvalue weighted by Crippen LogP contribution is -2.36. The molecule has 2 heterocycles. The highest BCUT2D eigenvalue weighted by molar-refractivity contribution is 7.47. The summed E-state index contributed by atoms with van der Waals surface area (Å²) in [6.45, 7) is 9.96. The summed E-state index contributed by atoms with van der Waals surface area (Å²) >= 11 is 0. The number of aromatic nitrogens is 2. The lowest BCUT2D eigenvalue weighted by Gasteiger charge is -2.28. The zero-order valence-electron chi connectivity index (χ0n) is 29.5. The van der Waals surface area contributed by atoms with Gasteiger partial charge in [0.25, 0.3) is 0 Å². The number of aliphatic hydroxyl groups excluding tert-OH is 2.